The van der Waals surface area contributed by atoms with E-state index in [4.69, 9.17) is 4.52 Å². The fourth-order valence-corrected chi connectivity index (χ4v) is 2.15. The molecule has 0 aromatic carbocycles. The summed E-state index contributed by atoms with van der Waals surface area (Å²) in [6, 6.07) is 2.03. The van der Waals surface area contributed by atoms with Crippen molar-refractivity contribution < 1.29 is 4.52 Å². The van der Waals surface area contributed by atoms with Crippen LogP contribution in [0.4, 0.5) is 0 Å². The standard InChI is InChI=1S/C11H16N6O/c1-16-6-5-12-7-9(16)10-14-11(18-15-10)8-3-4-13-17(8)2/h3-4,9,12H,5-7H2,1-2H3. The predicted molar refractivity (Wildman–Crippen MR) is 64.7 cm³/mol. The van der Waals surface area contributed by atoms with Crippen molar-refractivity contribution in [1.29, 1.82) is 0 Å². The summed E-state index contributed by atoms with van der Waals surface area (Å²) in [5, 5.41) is 11.5. The Kier molecular flexibility index (Phi) is 2.85. The van der Waals surface area contributed by atoms with Crippen molar-refractivity contribution >= 4 is 0 Å². The van der Waals surface area contributed by atoms with Gasteiger partial charge in [0, 0.05) is 32.9 Å². The second-order valence-electron chi connectivity index (χ2n) is 4.50. The summed E-state index contributed by atoms with van der Waals surface area (Å²) >= 11 is 0. The van der Waals surface area contributed by atoms with E-state index in [1.165, 1.54) is 0 Å². The summed E-state index contributed by atoms with van der Waals surface area (Å²) in [5.74, 6) is 1.24. The van der Waals surface area contributed by atoms with E-state index in [0.717, 1.165) is 31.2 Å². The molecule has 7 heteroatoms. The SMILES string of the molecule is CN1CCNCC1c1noc(-c2ccnn2C)n1. The first-order valence-electron chi connectivity index (χ1n) is 5.98. The molecule has 1 saturated heterocycles. The number of likely N-dealkylation sites (N-methyl/N-ethyl adjacent to an activating group) is 1. The average Bonchev–Trinajstić information content (AvgIpc) is 2.98. The minimum Gasteiger partial charge on any atom is -0.332 e. The molecule has 0 aliphatic carbocycles. The molecule has 1 N–H and O–H groups in total. The first kappa shape index (κ1) is 11.4. The number of nitrogens with one attached hydrogen (secondary N) is 1. The van der Waals surface area contributed by atoms with E-state index < -0.39 is 0 Å². The van der Waals surface area contributed by atoms with Crippen LogP contribution in [0.25, 0.3) is 11.6 Å². The number of nitrogens with zero attached hydrogens (tertiary/aromatic N) is 5. The molecule has 0 radical (unpaired) electrons. The minimum absolute atomic E-state index is 0.171. The summed E-state index contributed by atoms with van der Waals surface area (Å²) in [4.78, 5) is 6.70. The number of piperazine rings is 1. The number of hydrogen-bond donors (Lipinski definition) is 1. The molecule has 1 atom stereocenters. The van der Waals surface area contributed by atoms with Crippen LogP contribution in [0.3, 0.4) is 0 Å². The Bertz CT molecular complexity index is 533. The smallest absolute Gasteiger partial charge is 0.276 e. The van der Waals surface area contributed by atoms with Crippen molar-refractivity contribution in [3.8, 4) is 11.6 Å². The fraction of sp³-hybridized carbons (Fsp3) is 0.545. The van der Waals surface area contributed by atoms with Crippen molar-refractivity contribution in [2.24, 2.45) is 7.05 Å². The van der Waals surface area contributed by atoms with Crippen molar-refractivity contribution in [3.05, 3.63) is 18.1 Å². The van der Waals surface area contributed by atoms with Gasteiger partial charge in [0.05, 0.1) is 6.04 Å². The van der Waals surface area contributed by atoms with E-state index in [1.54, 1.807) is 10.9 Å². The molecule has 0 bridgehead atoms. The zero-order chi connectivity index (χ0) is 12.5. The van der Waals surface area contributed by atoms with E-state index in [-0.39, 0.29) is 6.04 Å². The van der Waals surface area contributed by atoms with Crippen molar-refractivity contribution in [1.82, 2.24) is 30.1 Å². The number of hydrogen-bond acceptors (Lipinski definition) is 6. The average molecular weight is 248 g/mol. The van der Waals surface area contributed by atoms with Crippen molar-refractivity contribution in [2.75, 3.05) is 26.7 Å². The van der Waals surface area contributed by atoms with Gasteiger partial charge in [-0.1, -0.05) is 5.16 Å². The molecule has 7 nitrogen and oxygen atoms in total. The van der Waals surface area contributed by atoms with Gasteiger partial charge in [-0.15, -0.1) is 0 Å². The Balaban J connectivity index is 1.87. The van der Waals surface area contributed by atoms with Gasteiger partial charge in [0.15, 0.2) is 5.82 Å². The lowest BCUT2D eigenvalue weighted by atomic mass is 10.2. The molecule has 0 amide bonds. The normalized spacial score (nSPS) is 21.3. The van der Waals surface area contributed by atoms with Gasteiger partial charge in [0.1, 0.15) is 5.69 Å². The Morgan fingerprint density at radius 2 is 2.33 bits per heavy atom. The molecule has 1 unspecified atom stereocenters. The second-order valence-corrected chi connectivity index (χ2v) is 4.50. The van der Waals surface area contributed by atoms with E-state index >= 15 is 0 Å². The van der Waals surface area contributed by atoms with Crippen LogP contribution in [0.15, 0.2) is 16.8 Å². The molecule has 1 fully saturated rings. The van der Waals surface area contributed by atoms with Gasteiger partial charge in [-0.3, -0.25) is 9.58 Å². The van der Waals surface area contributed by atoms with Gasteiger partial charge in [0.2, 0.25) is 0 Å². The van der Waals surface area contributed by atoms with Crippen molar-refractivity contribution in [3.63, 3.8) is 0 Å². The lowest BCUT2D eigenvalue weighted by Gasteiger charge is -2.30. The van der Waals surface area contributed by atoms with Crippen LogP contribution in [-0.2, 0) is 7.05 Å². The van der Waals surface area contributed by atoms with Gasteiger partial charge in [-0.05, 0) is 13.1 Å². The van der Waals surface area contributed by atoms with Crippen molar-refractivity contribution in [2.45, 2.75) is 6.04 Å². The topological polar surface area (TPSA) is 72.0 Å². The molecular weight excluding hydrogens is 232 g/mol. The van der Waals surface area contributed by atoms with Crippen LogP contribution < -0.4 is 5.32 Å². The molecule has 2 aromatic heterocycles. The zero-order valence-electron chi connectivity index (χ0n) is 10.5. The highest BCUT2D eigenvalue weighted by Gasteiger charge is 2.25. The minimum atomic E-state index is 0.171. The Morgan fingerprint density at radius 1 is 1.44 bits per heavy atom. The molecular formula is C11H16N6O. The fourth-order valence-electron chi connectivity index (χ4n) is 2.15. The molecule has 0 saturated carbocycles. The van der Waals surface area contributed by atoms with Gasteiger partial charge < -0.3 is 9.84 Å². The maximum absolute atomic E-state index is 5.32. The lowest BCUT2D eigenvalue weighted by Crippen LogP contribution is -2.44. The Hall–Kier alpha value is -1.73. The second kappa shape index (κ2) is 4.51. The summed E-state index contributed by atoms with van der Waals surface area (Å²) < 4.78 is 7.04. The van der Waals surface area contributed by atoms with Crippen LogP contribution in [0.1, 0.15) is 11.9 Å². The molecule has 3 rings (SSSR count). The van der Waals surface area contributed by atoms with Gasteiger partial charge in [-0.2, -0.15) is 10.1 Å². The monoisotopic (exact) mass is 248 g/mol. The largest absolute Gasteiger partial charge is 0.332 e. The first-order chi connectivity index (χ1) is 8.75. The highest BCUT2D eigenvalue weighted by Crippen LogP contribution is 2.21. The van der Waals surface area contributed by atoms with Crippen LogP contribution in [0.5, 0.6) is 0 Å². The number of rotatable bonds is 2. The molecule has 0 spiro atoms. The van der Waals surface area contributed by atoms with E-state index in [0.29, 0.717) is 5.89 Å². The summed E-state index contributed by atoms with van der Waals surface area (Å²) in [6.07, 6.45) is 1.72. The number of aromatic nitrogens is 4. The Labute approximate surface area is 105 Å². The van der Waals surface area contributed by atoms with E-state index in [1.807, 2.05) is 13.1 Å². The predicted octanol–water partition coefficient (Wildman–Crippen LogP) is 0.0462. The third kappa shape index (κ3) is 1.91. The summed E-state index contributed by atoms with van der Waals surface area (Å²) in [6.45, 7) is 2.83. The maximum atomic E-state index is 5.32. The molecule has 1 aliphatic rings. The molecule has 96 valence electrons. The van der Waals surface area contributed by atoms with E-state index in [2.05, 4.69) is 32.5 Å². The Morgan fingerprint density at radius 3 is 3.06 bits per heavy atom. The molecule has 3 heterocycles. The van der Waals surface area contributed by atoms with Gasteiger partial charge in [0.25, 0.3) is 5.89 Å². The molecule has 2 aromatic rings. The molecule has 1 aliphatic heterocycles. The van der Waals surface area contributed by atoms with Crippen LogP contribution in [-0.4, -0.2) is 51.5 Å². The summed E-state index contributed by atoms with van der Waals surface area (Å²) in [5.41, 5.74) is 0.833. The first-order valence-corrected chi connectivity index (χ1v) is 5.98. The maximum Gasteiger partial charge on any atom is 0.276 e. The third-order valence-corrected chi connectivity index (χ3v) is 3.29. The highest BCUT2D eigenvalue weighted by molar-refractivity contribution is 5.45. The number of aryl methyl sites for hydroxylation is 1. The third-order valence-electron chi connectivity index (χ3n) is 3.29. The quantitative estimate of drug-likeness (QED) is 0.809. The van der Waals surface area contributed by atoms with Crippen LogP contribution >= 0.6 is 0 Å². The highest BCUT2D eigenvalue weighted by atomic mass is 16.5. The molecule has 18 heavy (non-hydrogen) atoms. The zero-order valence-corrected chi connectivity index (χ0v) is 10.5. The lowest BCUT2D eigenvalue weighted by molar-refractivity contribution is 0.190. The van der Waals surface area contributed by atoms with Gasteiger partial charge >= 0.3 is 0 Å². The summed E-state index contributed by atoms with van der Waals surface area (Å²) in [7, 11) is 3.93. The van der Waals surface area contributed by atoms with Crippen LogP contribution in [0.2, 0.25) is 0 Å². The van der Waals surface area contributed by atoms with Gasteiger partial charge in [-0.25, -0.2) is 0 Å². The van der Waals surface area contributed by atoms with Crippen LogP contribution in [0, 0.1) is 0 Å². The van der Waals surface area contributed by atoms with E-state index in [9.17, 15) is 0 Å².